The second-order valence-electron chi connectivity index (χ2n) is 6.20. The maximum atomic E-state index is 13.2. The van der Waals surface area contributed by atoms with Gasteiger partial charge in [-0.25, -0.2) is 9.18 Å². The number of rotatable bonds is 11. The first kappa shape index (κ1) is 21.7. The van der Waals surface area contributed by atoms with Crippen molar-refractivity contribution in [2.75, 3.05) is 13.2 Å². The standard InChI is InChI=1S/C18H19BrFN5O5/c1-2-13(18(26)27)25-22-17(21-24-25)15-10-16(23-30-15)29-8-4-3-7-28-14-9-11(20)5-6-12(14)19/h5-6,9-10,13H,2-4,7-8H2,1H3,(H,26,27). The fourth-order valence-electron chi connectivity index (χ4n) is 2.48. The predicted octanol–water partition coefficient (Wildman–Crippen LogP) is 3.50. The summed E-state index contributed by atoms with van der Waals surface area (Å²) in [5.41, 5.74) is 0. The molecule has 0 bridgehead atoms. The number of tetrazole rings is 1. The first-order valence-corrected chi connectivity index (χ1v) is 9.97. The van der Waals surface area contributed by atoms with Crippen LogP contribution in [0.15, 0.2) is 33.3 Å². The minimum Gasteiger partial charge on any atom is -0.492 e. The van der Waals surface area contributed by atoms with Crippen molar-refractivity contribution in [2.24, 2.45) is 0 Å². The number of nitrogens with zero attached hydrogens (tertiary/aromatic N) is 5. The smallest absolute Gasteiger partial charge is 0.330 e. The van der Waals surface area contributed by atoms with Crippen LogP contribution in [0.4, 0.5) is 4.39 Å². The van der Waals surface area contributed by atoms with Gasteiger partial charge in [0.05, 0.1) is 23.8 Å². The van der Waals surface area contributed by atoms with Crippen molar-refractivity contribution < 1.29 is 28.3 Å². The monoisotopic (exact) mass is 483 g/mol. The Kier molecular flexibility index (Phi) is 7.33. The molecule has 1 N–H and O–H groups in total. The van der Waals surface area contributed by atoms with E-state index in [-0.39, 0.29) is 23.3 Å². The summed E-state index contributed by atoms with van der Waals surface area (Å²) in [5.74, 6) is -0.369. The van der Waals surface area contributed by atoms with Crippen LogP contribution in [-0.4, -0.2) is 49.7 Å². The van der Waals surface area contributed by atoms with Crippen LogP contribution >= 0.6 is 15.9 Å². The summed E-state index contributed by atoms with van der Waals surface area (Å²) < 4.78 is 30.1. The van der Waals surface area contributed by atoms with Crippen LogP contribution in [0.5, 0.6) is 11.6 Å². The van der Waals surface area contributed by atoms with E-state index in [1.807, 2.05) is 0 Å². The summed E-state index contributed by atoms with van der Waals surface area (Å²) in [6.45, 7) is 2.49. The highest BCUT2D eigenvalue weighted by Crippen LogP contribution is 2.25. The molecule has 0 fully saturated rings. The number of carbonyl (C=O) groups is 1. The molecule has 0 spiro atoms. The lowest BCUT2D eigenvalue weighted by molar-refractivity contribution is -0.141. The van der Waals surface area contributed by atoms with Crippen LogP contribution in [0, 0.1) is 5.82 Å². The first-order valence-electron chi connectivity index (χ1n) is 9.18. The molecule has 0 aliphatic carbocycles. The molecule has 1 atom stereocenters. The quantitative estimate of drug-likeness (QED) is 0.407. The van der Waals surface area contributed by atoms with Crippen molar-refractivity contribution in [1.82, 2.24) is 25.4 Å². The normalized spacial score (nSPS) is 12.0. The lowest BCUT2D eigenvalue weighted by Crippen LogP contribution is -2.20. The average molecular weight is 484 g/mol. The van der Waals surface area contributed by atoms with Gasteiger partial charge in [-0.05, 0) is 57.7 Å². The van der Waals surface area contributed by atoms with E-state index in [9.17, 15) is 9.18 Å². The van der Waals surface area contributed by atoms with E-state index >= 15 is 0 Å². The molecule has 10 nitrogen and oxygen atoms in total. The van der Waals surface area contributed by atoms with Crippen molar-refractivity contribution in [3.8, 4) is 23.2 Å². The van der Waals surface area contributed by atoms with Crippen molar-refractivity contribution in [3.63, 3.8) is 0 Å². The van der Waals surface area contributed by atoms with E-state index in [1.54, 1.807) is 13.0 Å². The van der Waals surface area contributed by atoms with Gasteiger partial charge in [-0.15, -0.1) is 15.0 Å². The third-order valence-corrected chi connectivity index (χ3v) is 4.68. The Morgan fingerprint density at radius 2 is 2.07 bits per heavy atom. The van der Waals surface area contributed by atoms with Crippen LogP contribution in [0.1, 0.15) is 32.2 Å². The van der Waals surface area contributed by atoms with E-state index in [0.29, 0.717) is 42.7 Å². The summed E-state index contributed by atoms with van der Waals surface area (Å²) in [5, 5.41) is 24.5. The molecule has 0 saturated carbocycles. The number of unbranched alkanes of at least 4 members (excludes halogenated alkanes) is 1. The molecule has 0 aliphatic heterocycles. The van der Waals surface area contributed by atoms with Gasteiger partial charge in [0, 0.05) is 6.07 Å². The fourth-order valence-corrected chi connectivity index (χ4v) is 2.84. The van der Waals surface area contributed by atoms with E-state index in [2.05, 4.69) is 36.5 Å². The van der Waals surface area contributed by atoms with Gasteiger partial charge in [-0.3, -0.25) is 0 Å². The number of aliphatic carboxylic acids is 1. The Balaban J connectivity index is 1.43. The fraction of sp³-hybridized carbons (Fsp3) is 0.389. The van der Waals surface area contributed by atoms with Gasteiger partial charge in [0.25, 0.3) is 5.88 Å². The van der Waals surface area contributed by atoms with E-state index in [4.69, 9.17) is 19.1 Å². The van der Waals surface area contributed by atoms with E-state index < -0.39 is 12.0 Å². The Morgan fingerprint density at radius 1 is 1.30 bits per heavy atom. The lowest BCUT2D eigenvalue weighted by Gasteiger charge is -2.08. The summed E-state index contributed by atoms with van der Waals surface area (Å²) >= 11 is 3.31. The summed E-state index contributed by atoms with van der Waals surface area (Å²) in [6.07, 6.45) is 1.69. The molecule has 160 valence electrons. The molecule has 2 aromatic heterocycles. The van der Waals surface area contributed by atoms with Crippen molar-refractivity contribution in [1.29, 1.82) is 0 Å². The second-order valence-corrected chi connectivity index (χ2v) is 7.06. The van der Waals surface area contributed by atoms with Gasteiger partial charge < -0.3 is 19.1 Å². The minimum absolute atomic E-state index is 0.117. The van der Waals surface area contributed by atoms with Crippen LogP contribution < -0.4 is 9.47 Å². The maximum absolute atomic E-state index is 13.2. The topological polar surface area (TPSA) is 125 Å². The van der Waals surface area contributed by atoms with Gasteiger partial charge in [-0.1, -0.05) is 6.92 Å². The predicted molar refractivity (Wildman–Crippen MR) is 105 cm³/mol. The second kappa shape index (κ2) is 10.1. The first-order chi connectivity index (χ1) is 14.5. The van der Waals surface area contributed by atoms with Gasteiger partial charge in [0.15, 0.2) is 6.04 Å². The molecule has 3 aromatic rings. The number of hydrogen-bond donors (Lipinski definition) is 1. The van der Waals surface area contributed by atoms with Crippen LogP contribution in [0.25, 0.3) is 11.6 Å². The average Bonchev–Trinajstić information content (AvgIpc) is 3.37. The summed E-state index contributed by atoms with van der Waals surface area (Å²) in [4.78, 5) is 12.2. The molecular formula is C18H19BrFN5O5. The molecule has 3 rings (SSSR count). The number of carboxylic acid groups (broad SMARTS) is 1. The highest BCUT2D eigenvalue weighted by atomic mass is 79.9. The summed E-state index contributed by atoms with van der Waals surface area (Å²) in [7, 11) is 0. The highest BCUT2D eigenvalue weighted by Gasteiger charge is 2.22. The van der Waals surface area contributed by atoms with E-state index in [1.165, 1.54) is 18.2 Å². The molecule has 12 heteroatoms. The zero-order chi connectivity index (χ0) is 21.5. The summed E-state index contributed by atoms with van der Waals surface area (Å²) in [6, 6.07) is 4.86. The molecule has 1 aromatic carbocycles. The molecule has 0 saturated heterocycles. The van der Waals surface area contributed by atoms with Crippen molar-refractivity contribution in [2.45, 2.75) is 32.2 Å². The van der Waals surface area contributed by atoms with Gasteiger partial charge in [-0.2, -0.15) is 0 Å². The van der Waals surface area contributed by atoms with Crippen LogP contribution in [-0.2, 0) is 4.79 Å². The molecular weight excluding hydrogens is 465 g/mol. The molecule has 2 heterocycles. The minimum atomic E-state index is -1.04. The maximum Gasteiger partial charge on any atom is 0.330 e. The highest BCUT2D eigenvalue weighted by molar-refractivity contribution is 9.10. The Bertz CT molecular complexity index is 995. The SMILES string of the molecule is CCC(C(=O)O)n1nnc(-c2cc(OCCCCOc3cc(F)ccc3Br)no2)n1. The largest absolute Gasteiger partial charge is 0.492 e. The Labute approximate surface area is 179 Å². The Hall–Kier alpha value is -3.02. The van der Waals surface area contributed by atoms with Gasteiger partial charge in [0.2, 0.25) is 11.6 Å². The van der Waals surface area contributed by atoms with Crippen LogP contribution in [0.3, 0.4) is 0 Å². The number of benzene rings is 1. The third-order valence-electron chi connectivity index (χ3n) is 4.03. The van der Waals surface area contributed by atoms with Gasteiger partial charge >= 0.3 is 5.97 Å². The molecule has 0 radical (unpaired) electrons. The number of aromatic nitrogens is 5. The Morgan fingerprint density at radius 3 is 2.80 bits per heavy atom. The van der Waals surface area contributed by atoms with E-state index in [0.717, 1.165) is 4.80 Å². The molecule has 0 aliphatic rings. The number of ether oxygens (including phenoxy) is 2. The lowest BCUT2D eigenvalue weighted by atomic mass is 10.2. The number of hydrogen-bond acceptors (Lipinski definition) is 8. The third kappa shape index (κ3) is 5.53. The van der Waals surface area contributed by atoms with Crippen molar-refractivity contribution in [3.05, 3.63) is 34.6 Å². The molecule has 1 unspecified atom stereocenters. The number of carboxylic acids is 1. The number of halogens is 2. The molecule has 0 amide bonds. The van der Waals surface area contributed by atoms with Gasteiger partial charge in [0.1, 0.15) is 11.6 Å². The van der Waals surface area contributed by atoms with Crippen LogP contribution in [0.2, 0.25) is 0 Å². The zero-order valence-corrected chi connectivity index (χ0v) is 17.6. The molecule has 30 heavy (non-hydrogen) atoms. The zero-order valence-electron chi connectivity index (χ0n) is 16.0. The van der Waals surface area contributed by atoms with Crippen molar-refractivity contribution >= 4 is 21.9 Å².